The summed E-state index contributed by atoms with van der Waals surface area (Å²) in [6, 6.07) is 11.3. The van der Waals surface area contributed by atoms with Crippen LogP contribution >= 0.6 is 11.6 Å². The number of hydrogen-bond donors (Lipinski definition) is 1. The number of carbonyl (C=O) groups is 2. The summed E-state index contributed by atoms with van der Waals surface area (Å²) in [4.78, 5) is 27.6. The molecule has 184 valence electrons. The standard InChI is InChI=1S/C24H29ClFN3O4S/c1-17(24(31)27-19-10-4-5-11-19)28(15-18-9-3-7-13-21(18)26)23(30)16-29(34(2,32)33)22-14-8-6-12-20(22)25/h3,6-9,12-14,17,19H,4-5,10-11,15-16H2,1-2H3,(H,27,31). The molecule has 10 heteroatoms. The van der Waals surface area contributed by atoms with Crippen LogP contribution in [0, 0.1) is 5.82 Å². The van der Waals surface area contributed by atoms with Crippen LogP contribution in [0.3, 0.4) is 0 Å². The number of anilines is 1. The molecule has 7 nitrogen and oxygen atoms in total. The third-order valence-electron chi connectivity index (χ3n) is 5.97. The van der Waals surface area contributed by atoms with Crippen LogP contribution in [-0.2, 0) is 26.2 Å². The highest BCUT2D eigenvalue weighted by Crippen LogP contribution is 2.27. The van der Waals surface area contributed by atoms with Gasteiger partial charge in [0.25, 0.3) is 0 Å². The fraction of sp³-hybridized carbons (Fsp3) is 0.417. The minimum Gasteiger partial charge on any atom is -0.352 e. The van der Waals surface area contributed by atoms with E-state index in [0.717, 1.165) is 36.2 Å². The predicted molar refractivity (Wildman–Crippen MR) is 130 cm³/mol. The molecular formula is C24H29ClFN3O4S. The van der Waals surface area contributed by atoms with Crippen molar-refractivity contribution in [2.24, 2.45) is 0 Å². The van der Waals surface area contributed by atoms with E-state index in [9.17, 15) is 22.4 Å². The number of carbonyl (C=O) groups excluding carboxylic acids is 2. The van der Waals surface area contributed by atoms with Crippen molar-refractivity contribution in [2.75, 3.05) is 17.1 Å². The van der Waals surface area contributed by atoms with Gasteiger partial charge in [-0.1, -0.05) is 54.8 Å². The van der Waals surface area contributed by atoms with Gasteiger partial charge in [0.1, 0.15) is 18.4 Å². The fourth-order valence-electron chi connectivity index (χ4n) is 4.03. The highest BCUT2D eigenvalue weighted by Gasteiger charge is 2.32. The molecule has 34 heavy (non-hydrogen) atoms. The number of amides is 2. The second kappa shape index (κ2) is 11.2. The van der Waals surface area contributed by atoms with Crippen molar-refractivity contribution in [2.45, 2.75) is 51.2 Å². The van der Waals surface area contributed by atoms with Gasteiger partial charge in [0.2, 0.25) is 21.8 Å². The van der Waals surface area contributed by atoms with E-state index >= 15 is 0 Å². The van der Waals surface area contributed by atoms with E-state index in [-0.39, 0.29) is 34.8 Å². The van der Waals surface area contributed by atoms with Gasteiger partial charge >= 0.3 is 0 Å². The average molecular weight is 510 g/mol. The Morgan fingerprint density at radius 1 is 1.12 bits per heavy atom. The maximum atomic E-state index is 14.4. The van der Waals surface area contributed by atoms with Crippen molar-refractivity contribution < 1.29 is 22.4 Å². The Bertz CT molecular complexity index is 1140. The first kappa shape index (κ1) is 26.0. The summed E-state index contributed by atoms with van der Waals surface area (Å²) in [7, 11) is -3.89. The number of rotatable bonds is 9. The molecule has 1 fully saturated rings. The smallest absolute Gasteiger partial charge is 0.244 e. The van der Waals surface area contributed by atoms with Gasteiger partial charge in [0.15, 0.2) is 0 Å². The first-order valence-corrected chi connectivity index (χ1v) is 13.4. The Morgan fingerprint density at radius 2 is 1.74 bits per heavy atom. The topological polar surface area (TPSA) is 86.8 Å². The van der Waals surface area contributed by atoms with Gasteiger partial charge in [-0.05, 0) is 38.0 Å². The zero-order chi connectivity index (χ0) is 24.9. The first-order valence-electron chi connectivity index (χ1n) is 11.1. The molecule has 1 aliphatic carbocycles. The molecule has 0 aliphatic heterocycles. The van der Waals surface area contributed by atoms with Crippen molar-refractivity contribution in [1.82, 2.24) is 10.2 Å². The van der Waals surface area contributed by atoms with Gasteiger partial charge in [-0.25, -0.2) is 12.8 Å². The second-order valence-corrected chi connectivity index (χ2v) is 10.8. The Hall–Kier alpha value is -2.65. The lowest BCUT2D eigenvalue weighted by Gasteiger charge is -2.32. The zero-order valence-electron chi connectivity index (χ0n) is 19.2. The van der Waals surface area contributed by atoms with Crippen molar-refractivity contribution in [3.05, 3.63) is 64.9 Å². The highest BCUT2D eigenvalue weighted by molar-refractivity contribution is 7.92. The Morgan fingerprint density at radius 3 is 2.35 bits per heavy atom. The van der Waals surface area contributed by atoms with E-state index in [1.807, 2.05) is 0 Å². The lowest BCUT2D eigenvalue weighted by molar-refractivity contribution is -0.139. The molecule has 0 radical (unpaired) electrons. The van der Waals surface area contributed by atoms with Crippen LogP contribution in [0.1, 0.15) is 38.2 Å². The molecule has 3 rings (SSSR count). The van der Waals surface area contributed by atoms with Crippen molar-refractivity contribution in [3.63, 3.8) is 0 Å². The summed E-state index contributed by atoms with van der Waals surface area (Å²) >= 11 is 6.20. The second-order valence-electron chi connectivity index (χ2n) is 8.50. The molecule has 1 N–H and O–H groups in total. The Labute approximate surface area is 204 Å². The summed E-state index contributed by atoms with van der Waals surface area (Å²) < 4.78 is 40.4. The number of nitrogens with one attached hydrogen (secondary N) is 1. The van der Waals surface area contributed by atoms with Gasteiger partial charge in [-0.15, -0.1) is 0 Å². The molecule has 0 aromatic heterocycles. The monoisotopic (exact) mass is 509 g/mol. The van der Waals surface area contributed by atoms with Crippen LogP contribution < -0.4 is 9.62 Å². The van der Waals surface area contributed by atoms with E-state index in [1.165, 1.54) is 35.2 Å². The van der Waals surface area contributed by atoms with Crippen molar-refractivity contribution in [3.8, 4) is 0 Å². The number of nitrogens with zero attached hydrogens (tertiary/aromatic N) is 2. The summed E-state index contributed by atoms with van der Waals surface area (Å²) in [5.74, 6) is -1.53. The minimum absolute atomic E-state index is 0.0380. The lowest BCUT2D eigenvalue weighted by Crippen LogP contribution is -2.52. The first-order chi connectivity index (χ1) is 16.1. The Kier molecular flexibility index (Phi) is 8.54. The maximum absolute atomic E-state index is 14.4. The van der Waals surface area contributed by atoms with Crippen molar-refractivity contribution >= 4 is 39.1 Å². The third-order valence-corrected chi connectivity index (χ3v) is 7.41. The maximum Gasteiger partial charge on any atom is 0.244 e. The van der Waals surface area contributed by atoms with E-state index in [1.54, 1.807) is 25.1 Å². The van der Waals surface area contributed by atoms with Crippen LogP contribution in [0.25, 0.3) is 0 Å². The normalized spacial score (nSPS) is 15.1. The van der Waals surface area contributed by atoms with Crippen LogP contribution in [0.4, 0.5) is 10.1 Å². The highest BCUT2D eigenvalue weighted by atomic mass is 35.5. The Balaban J connectivity index is 1.90. The summed E-state index contributed by atoms with van der Waals surface area (Å²) in [5, 5.41) is 3.12. The lowest BCUT2D eigenvalue weighted by atomic mass is 10.1. The SMILES string of the molecule is CC(C(=O)NC1CCCC1)N(Cc1ccccc1F)C(=O)CN(c1ccccc1Cl)S(C)(=O)=O. The van der Waals surface area contributed by atoms with E-state index in [4.69, 9.17) is 11.6 Å². The number of para-hydroxylation sites is 1. The van der Waals surface area contributed by atoms with E-state index < -0.39 is 34.3 Å². The fourth-order valence-corrected chi connectivity index (χ4v) is 5.18. The minimum atomic E-state index is -3.89. The predicted octanol–water partition coefficient (Wildman–Crippen LogP) is 3.72. The molecule has 1 saturated carbocycles. The number of benzene rings is 2. The van der Waals surface area contributed by atoms with Gasteiger partial charge in [-0.3, -0.25) is 13.9 Å². The van der Waals surface area contributed by atoms with Crippen molar-refractivity contribution in [1.29, 1.82) is 0 Å². The van der Waals surface area contributed by atoms with Gasteiger partial charge in [0, 0.05) is 18.2 Å². The summed E-state index contributed by atoms with van der Waals surface area (Å²) in [5.41, 5.74) is 0.369. The number of sulfonamides is 1. The van der Waals surface area contributed by atoms with Gasteiger partial charge in [-0.2, -0.15) is 0 Å². The van der Waals surface area contributed by atoms with Crippen LogP contribution in [0.2, 0.25) is 5.02 Å². The zero-order valence-corrected chi connectivity index (χ0v) is 20.8. The molecule has 0 bridgehead atoms. The summed E-state index contributed by atoms with van der Waals surface area (Å²) in [6.07, 6.45) is 4.76. The molecule has 0 spiro atoms. The third kappa shape index (κ3) is 6.48. The molecule has 1 unspecified atom stereocenters. The number of halogens is 2. The molecule has 0 heterocycles. The largest absolute Gasteiger partial charge is 0.352 e. The number of hydrogen-bond acceptors (Lipinski definition) is 4. The quantitative estimate of drug-likeness (QED) is 0.558. The summed E-state index contributed by atoms with van der Waals surface area (Å²) in [6.45, 7) is 0.784. The van der Waals surface area contributed by atoms with Gasteiger partial charge in [0.05, 0.1) is 17.0 Å². The average Bonchev–Trinajstić information content (AvgIpc) is 3.29. The van der Waals surface area contributed by atoms with E-state index in [0.29, 0.717) is 0 Å². The molecule has 1 atom stereocenters. The molecule has 1 aliphatic rings. The van der Waals surface area contributed by atoms with Crippen LogP contribution in [0.5, 0.6) is 0 Å². The molecular weight excluding hydrogens is 481 g/mol. The molecule has 2 aromatic rings. The molecule has 2 amide bonds. The molecule has 2 aromatic carbocycles. The van der Waals surface area contributed by atoms with Crippen LogP contribution in [0.15, 0.2) is 48.5 Å². The molecule has 0 saturated heterocycles. The van der Waals surface area contributed by atoms with Crippen LogP contribution in [-0.4, -0.2) is 50.0 Å². The van der Waals surface area contributed by atoms with Gasteiger partial charge < -0.3 is 10.2 Å². The van der Waals surface area contributed by atoms with E-state index in [2.05, 4.69) is 5.32 Å².